The van der Waals surface area contributed by atoms with Crippen molar-refractivity contribution in [2.45, 2.75) is 115 Å². The van der Waals surface area contributed by atoms with Crippen LogP contribution in [0, 0.1) is 25.2 Å². The zero-order valence-corrected chi connectivity index (χ0v) is 32.5. The standard InChI is InChI=1S/C19H21ClN2O2.C9H16.C6H13N.C3H4.2C2H6/c1-4-7-16(20)9-6-10-17-12-14(2)22(21-17)18-11-5-8-15(13-18)19(23)24-3;1-4-6-7-8-9(3)5-2;1-6-2-4-7-5-3-6;1-3-2;2*1-2/h5-9,11-13H,4,10H2,1-3H3;6-8H,4-5H2,1-3H3;6-7H,2-5H2,1H3;1H,2H3;2*1-2H3/b9-6-,16-7+;7-6-,9-8+;;;;. The lowest BCUT2D eigenvalue weighted by Gasteiger charge is -2.17. The summed E-state index contributed by atoms with van der Waals surface area (Å²) in [5.41, 5.74) is 4.71. The van der Waals surface area contributed by atoms with Crippen LogP contribution in [-0.4, -0.2) is 35.9 Å². The number of allylic oxidation sites excluding steroid dienone is 8. The van der Waals surface area contributed by atoms with Gasteiger partial charge in [0.2, 0.25) is 0 Å². The number of hydrogen-bond acceptors (Lipinski definition) is 4. The molecule has 1 aromatic heterocycles. The molecular weight excluding hydrogens is 602 g/mol. The van der Waals surface area contributed by atoms with Crippen molar-refractivity contribution < 1.29 is 9.53 Å². The third-order valence-corrected chi connectivity index (χ3v) is 6.67. The fourth-order valence-corrected chi connectivity index (χ4v) is 4.03. The highest BCUT2D eigenvalue weighted by atomic mass is 35.5. The number of terminal acetylenes is 1. The summed E-state index contributed by atoms with van der Waals surface area (Å²) in [5, 5.41) is 8.65. The van der Waals surface area contributed by atoms with E-state index in [1.165, 1.54) is 38.6 Å². The predicted octanol–water partition coefficient (Wildman–Crippen LogP) is 11.6. The van der Waals surface area contributed by atoms with Gasteiger partial charge in [-0.05, 0) is 102 Å². The van der Waals surface area contributed by atoms with E-state index in [9.17, 15) is 4.79 Å². The molecule has 1 aromatic carbocycles. The summed E-state index contributed by atoms with van der Waals surface area (Å²) >= 11 is 6.05. The van der Waals surface area contributed by atoms with Crippen molar-refractivity contribution in [2.24, 2.45) is 5.92 Å². The summed E-state index contributed by atoms with van der Waals surface area (Å²) in [6.07, 6.45) is 23.5. The van der Waals surface area contributed by atoms with Gasteiger partial charge in [0.25, 0.3) is 0 Å². The van der Waals surface area contributed by atoms with Gasteiger partial charge in [-0.25, -0.2) is 9.48 Å². The van der Waals surface area contributed by atoms with Crippen molar-refractivity contribution >= 4 is 17.6 Å². The highest BCUT2D eigenvalue weighted by Crippen LogP contribution is 2.16. The van der Waals surface area contributed by atoms with Crippen molar-refractivity contribution in [1.29, 1.82) is 0 Å². The zero-order chi connectivity index (χ0) is 36.5. The Labute approximate surface area is 294 Å². The number of aromatic nitrogens is 2. The zero-order valence-electron chi connectivity index (χ0n) is 31.8. The summed E-state index contributed by atoms with van der Waals surface area (Å²) in [4.78, 5) is 11.7. The molecule has 0 atom stereocenters. The number of piperidine rings is 1. The summed E-state index contributed by atoms with van der Waals surface area (Å²) in [6, 6.07) is 9.24. The smallest absolute Gasteiger partial charge is 0.337 e. The highest BCUT2D eigenvalue weighted by Gasteiger charge is 2.10. The third kappa shape index (κ3) is 25.4. The number of nitrogens with one attached hydrogen (secondary N) is 1. The van der Waals surface area contributed by atoms with Crippen LogP contribution in [0.3, 0.4) is 0 Å². The fourth-order valence-electron chi connectivity index (χ4n) is 3.79. The van der Waals surface area contributed by atoms with Crippen molar-refractivity contribution in [3.05, 3.63) is 94.3 Å². The second kappa shape index (κ2) is 34.0. The van der Waals surface area contributed by atoms with Gasteiger partial charge in [0.05, 0.1) is 24.1 Å². The number of esters is 1. The maximum Gasteiger partial charge on any atom is 0.337 e. The van der Waals surface area contributed by atoms with Crippen LogP contribution in [0.1, 0.15) is 123 Å². The Hall–Kier alpha value is -3.33. The molecule has 0 bridgehead atoms. The topological polar surface area (TPSA) is 56.2 Å². The first-order valence-electron chi connectivity index (χ1n) is 17.3. The van der Waals surface area contributed by atoms with E-state index in [4.69, 9.17) is 16.3 Å². The normalized spacial score (nSPS) is 12.8. The molecule has 5 nitrogen and oxygen atoms in total. The van der Waals surface area contributed by atoms with Gasteiger partial charge >= 0.3 is 5.97 Å². The number of carbonyl (C=O) groups is 1. The summed E-state index contributed by atoms with van der Waals surface area (Å²) in [6.45, 7) is 24.9. The maximum absolute atomic E-state index is 11.7. The minimum Gasteiger partial charge on any atom is -0.465 e. The number of carbonyl (C=O) groups excluding carboxylic acids is 1. The van der Waals surface area contributed by atoms with Crippen LogP contribution in [0.25, 0.3) is 5.69 Å². The molecule has 2 aromatic rings. The second-order valence-electron chi connectivity index (χ2n) is 10.3. The molecule has 0 spiro atoms. The molecule has 3 rings (SSSR count). The van der Waals surface area contributed by atoms with Gasteiger partial charge in [-0.3, -0.25) is 0 Å². The second-order valence-corrected chi connectivity index (χ2v) is 10.7. The maximum atomic E-state index is 11.7. The van der Waals surface area contributed by atoms with Crippen LogP contribution >= 0.6 is 11.6 Å². The predicted molar refractivity (Wildman–Crippen MR) is 209 cm³/mol. The summed E-state index contributed by atoms with van der Waals surface area (Å²) in [7, 11) is 1.37. The third-order valence-electron chi connectivity index (χ3n) is 6.39. The van der Waals surface area contributed by atoms with Gasteiger partial charge in [0.1, 0.15) is 0 Å². The molecule has 0 aliphatic carbocycles. The number of halogens is 1. The minimum atomic E-state index is -0.359. The molecular formula is C41H66ClN3O2. The van der Waals surface area contributed by atoms with E-state index in [0.29, 0.717) is 12.0 Å². The average Bonchev–Trinajstić information content (AvgIpc) is 3.47. The van der Waals surface area contributed by atoms with Gasteiger partial charge < -0.3 is 10.1 Å². The first-order chi connectivity index (χ1) is 22.7. The van der Waals surface area contributed by atoms with Crippen LogP contribution in [0.5, 0.6) is 0 Å². The lowest BCUT2D eigenvalue weighted by Crippen LogP contribution is -2.26. The molecule has 2 heterocycles. The molecule has 47 heavy (non-hydrogen) atoms. The molecule has 1 saturated heterocycles. The average molecular weight is 668 g/mol. The van der Waals surface area contributed by atoms with Crippen molar-refractivity contribution in [1.82, 2.24) is 15.1 Å². The SMILES string of the molecule is C#CC.CC.CC.CC/C=C(Cl)\C=C/Cc1cc(C)n(-c2cccc(C(=O)OC)c2)n1.CC/C=C\C=C(/C)CC.CC1CCNCC1. The molecule has 1 aliphatic heterocycles. The van der Waals surface area contributed by atoms with Crippen LogP contribution in [-0.2, 0) is 11.2 Å². The Kier molecular flexibility index (Phi) is 34.8. The monoisotopic (exact) mass is 667 g/mol. The molecule has 1 N–H and O–H groups in total. The quantitative estimate of drug-likeness (QED) is 0.164. The Bertz CT molecular complexity index is 1210. The molecule has 0 unspecified atom stereocenters. The van der Waals surface area contributed by atoms with Gasteiger partial charge in [-0.1, -0.05) is 109 Å². The number of ether oxygens (including phenoxy) is 1. The van der Waals surface area contributed by atoms with E-state index in [2.05, 4.69) is 68.7 Å². The van der Waals surface area contributed by atoms with E-state index < -0.39 is 0 Å². The largest absolute Gasteiger partial charge is 0.465 e. The van der Waals surface area contributed by atoms with Crippen molar-refractivity contribution in [3.8, 4) is 18.0 Å². The summed E-state index contributed by atoms with van der Waals surface area (Å²) in [5.74, 6) is 2.86. The number of nitrogens with zero attached hydrogens (tertiary/aromatic N) is 2. The Morgan fingerprint density at radius 3 is 2.21 bits per heavy atom. The molecule has 6 heteroatoms. The van der Waals surface area contributed by atoms with Gasteiger partial charge in [0.15, 0.2) is 0 Å². The number of hydrogen-bond donors (Lipinski definition) is 1. The number of methoxy groups -OCH3 is 1. The van der Waals surface area contributed by atoms with Gasteiger partial charge in [-0.2, -0.15) is 5.10 Å². The van der Waals surface area contributed by atoms with E-state index in [0.717, 1.165) is 47.3 Å². The van der Waals surface area contributed by atoms with E-state index in [-0.39, 0.29) is 5.97 Å². The Morgan fingerprint density at radius 1 is 1.11 bits per heavy atom. The fraction of sp³-hybridized carbons (Fsp3) is 0.512. The van der Waals surface area contributed by atoms with Crippen LogP contribution in [0.15, 0.2) is 77.4 Å². The molecule has 264 valence electrons. The van der Waals surface area contributed by atoms with Crippen LogP contribution < -0.4 is 5.32 Å². The van der Waals surface area contributed by atoms with Crippen molar-refractivity contribution in [3.63, 3.8) is 0 Å². The molecule has 0 amide bonds. The molecule has 1 aliphatic rings. The number of aryl methyl sites for hydroxylation is 1. The first-order valence-corrected chi connectivity index (χ1v) is 17.7. The minimum absolute atomic E-state index is 0.359. The number of rotatable bonds is 9. The Balaban J connectivity index is -0.000000687. The van der Waals surface area contributed by atoms with Crippen molar-refractivity contribution in [2.75, 3.05) is 20.2 Å². The summed E-state index contributed by atoms with van der Waals surface area (Å²) < 4.78 is 6.58. The van der Waals surface area contributed by atoms with Crippen LogP contribution in [0.2, 0.25) is 0 Å². The molecule has 0 radical (unpaired) electrons. The first kappa shape index (κ1) is 48.1. The molecule has 0 saturated carbocycles. The Morgan fingerprint density at radius 2 is 1.72 bits per heavy atom. The van der Waals surface area contributed by atoms with Gasteiger partial charge in [0, 0.05) is 17.1 Å². The van der Waals surface area contributed by atoms with Crippen LogP contribution in [0.4, 0.5) is 0 Å². The lowest BCUT2D eigenvalue weighted by molar-refractivity contribution is 0.0600. The van der Waals surface area contributed by atoms with E-state index >= 15 is 0 Å². The van der Waals surface area contributed by atoms with E-state index in [1.54, 1.807) is 19.1 Å². The van der Waals surface area contributed by atoms with E-state index in [1.807, 2.05) is 82.7 Å². The lowest BCUT2D eigenvalue weighted by atomic mass is 10.0. The molecule has 1 fully saturated rings. The highest BCUT2D eigenvalue weighted by molar-refractivity contribution is 6.31. The number of benzene rings is 1. The van der Waals surface area contributed by atoms with Gasteiger partial charge in [-0.15, -0.1) is 12.3 Å².